The zero-order valence-electron chi connectivity index (χ0n) is 19.3. The highest BCUT2D eigenvalue weighted by Gasteiger charge is 2.64. The molecule has 0 spiro atoms. The highest BCUT2D eigenvalue weighted by atomic mass is 35.5. The van der Waals surface area contributed by atoms with Crippen molar-refractivity contribution < 1.29 is 24.2 Å². The highest BCUT2D eigenvalue weighted by molar-refractivity contribution is 6.44. The molecule has 2 aliphatic carbocycles. The van der Waals surface area contributed by atoms with Crippen LogP contribution in [0.2, 0.25) is 0 Å². The van der Waals surface area contributed by atoms with E-state index in [0.717, 1.165) is 6.42 Å². The monoisotopic (exact) mass is 460 g/mol. The number of hydrogen-bond donors (Lipinski definition) is 1. The molecule has 2 aliphatic heterocycles. The number of aliphatic hydroxyl groups is 1. The Hall–Kier alpha value is -1.85. The van der Waals surface area contributed by atoms with Gasteiger partial charge in [0.15, 0.2) is 5.78 Å². The van der Waals surface area contributed by atoms with Crippen molar-refractivity contribution in [3.8, 4) is 0 Å². The number of rotatable bonds is 0. The van der Waals surface area contributed by atoms with Gasteiger partial charge in [-0.2, -0.15) is 0 Å². The van der Waals surface area contributed by atoms with E-state index in [1.165, 1.54) is 6.92 Å². The summed E-state index contributed by atoms with van der Waals surface area (Å²) in [5.41, 5.74) is -0.108. The Morgan fingerprint density at radius 2 is 1.75 bits per heavy atom. The van der Waals surface area contributed by atoms with Crippen molar-refractivity contribution in [2.75, 3.05) is 0 Å². The van der Waals surface area contributed by atoms with Gasteiger partial charge in [-0.15, -0.1) is 0 Å². The van der Waals surface area contributed by atoms with Gasteiger partial charge in [-0.3, -0.25) is 9.59 Å². The molecular formula is C26H33ClO5. The van der Waals surface area contributed by atoms with E-state index in [4.69, 9.17) is 21.1 Å². The normalized spacial score (nSPS) is 50.9. The molecule has 0 amide bonds. The molecule has 1 saturated heterocycles. The first-order valence-corrected chi connectivity index (χ1v) is 12.0. The minimum Gasteiger partial charge on any atom is -0.510 e. The Labute approximate surface area is 195 Å². The molecule has 4 rings (SSSR count). The maximum atomic E-state index is 13.0. The quantitative estimate of drug-likeness (QED) is 0.235. The molecule has 1 saturated carbocycles. The van der Waals surface area contributed by atoms with Crippen molar-refractivity contribution in [1.29, 1.82) is 0 Å². The predicted molar refractivity (Wildman–Crippen MR) is 123 cm³/mol. The highest BCUT2D eigenvalue weighted by Crippen LogP contribution is 2.60. The number of halogens is 1. The van der Waals surface area contributed by atoms with Gasteiger partial charge in [0.2, 0.25) is 0 Å². The van der Waals surface area contributed by atoms with Crippen LogP contribution in [0.5, 0.6) is 0 Å². The molecule has 1 N–H and O–H groups in total. The number of hydrogen-bond acceptors (Lipinski definition) is 5. The number of ether oxygens (including phenoxy) is 2. The van der Waals surface area contributed by atoms with E-state index in [-0.39, 0.29) is 58.0 Å². The largest absolute Gasteiger partial charge is 0.510 e. The Morgan fingerprint density at radius 3 is 2.47 bits per heavy atom. The van der Waals surface area contributed by atoms with E-state index in [2.05, 4.69) is 39.0 Å². The van der Waals surface area contributed by atoms with Crippen molar-refractivity contribution in [1.82, 2.24) is 0 Å². The topological polar surface area (TPSA) is 76.1 Å². The molecule has 6 heteroatoms. The van der Waals surface area contributed by atoms with Crippen LogP contribution in [0.1, 0.15) is 41.0 Å². The average Bonchev–Trinajstić information content (AvgIpc) is 3.44. The van der Waals surface area contributed by atoms with Crippen LogP contribution in [0.4, 0.5) is 0 Å². The molecule has 0 aromatic carbocycles. The molecule has 5 nitrogen and oxygen atoms in total. The smallest absolute Gasteiger partial charge is 0.317 e. The molecular weight excluding hydrogens is 428 g/mol. The number of allylic oxidation sites excluding steroid dienone is 7. The number of cyclic esters (lactones) is 1. The van der Waals surface area contributed by atoms with E-state index in [9.17, 15) is 14.7 Å². The number of epoxide rings is 1. The summed E-state index contributed by atoms with van der Waals surface area (Å²) in [5, 5.41) is 11.2. The van der Waals surface area contributed by atoms with Gasteiger partial charge < -0.3 is 14.6 Å². The summed E-state index contributed by atoms with van der Waals surface area (Å²) < 4.78 is 11.4. The lowest BCUT2D eigenvalue weighted by molar-refractivity contribution is -0.152. The third-order valence-electron chi connectivity index (χ3n) is 7.89. The van der Waals surface area contributed by atoms with Gasteiger partial charge in [0.25, 0.3) is 0 Å². The summed E-state index contributed by atoms with van der Waals surface area (Å²) in [6.45, 7) is 9.64. The van der Waals surface area contributed by atoms with Crippen molar-refractivity contribution in [2.24, 2.45) is 41.4 Å². The number of fused-ring (bicyclic) bond motifs is 4. The number of carbonyl (C=O) groups excluding carboxylic acids is 2. The molecule has 0 aromatic heterocycles. The van der Waals surface area contributed by atoms with Crippen molar-refractivity contribution in [2.45, 2.75) is 58.8 Å². The van der Waals surface area contributed by atoms with E-state index in [0.29, 0.717) is 0 Å². The summed E-state index contributed by atoms with van der Waals surface area (Å²) in [5.74, 6) is -2.21. The van der Waals surface area contributed by atoms with Gasteiger partial charge in [-0.25, -0.2) is 0 Å². The third kappa shape index (κ3) is 3.99. The Morgan fingerprint density at radius 1 is 1.06 bits per heavy atom. The fraction of sp³-hybridized carbons (Fsp3) is 0.615. The summed E-state index contributed by atoms with van der Waals surface area (Å²) in [7, 11) is 0. The lowest BCUT2D eigenvalue weighted by Crippen LogP contribution is -2.46. The first-order chi connectivity index (χ1) is 15.0. The summed E-state index contributed by atoms with van der Waals surface area (Å²) in [4.78, 5) is 25.5. The summed E-state index contributed by atoms with van der Waals surface area (Å²) in [6, 6.07) is 0. The summed E-state index contributed by atoms with van der Waals surface area (Å²) in [6.07, 6.45) is 12.6. The molecule has 174 valence electrons. The molecule has 2 fully saturated rings. The van der Waals surface area contributed by atoms with Gasteiger partial charge in [0.05, 0.1) is 11.7 Å². The van der Waals surface area contributed by atoms with Crippen LogP contribution >= 0.6 is 11.6 Å². The molecule has 10 atom stereocenters. The molecule has 0 bridgehead atoms. The molecule has 2 heterocycles. The molecule has 0 radical (unpaired) electrons. The first kappa shape index (κ1) is 23.3. The number of aliphatic hydroxyl groups excluding tert-OH is 1. The zero-order valence-corrected chi connectivity index (χ0v) is 20.1. The van der Waals surface area contributed by atoms with Crippen LogP contribution in [0.3, 0.4) is 0 Å². The van der Waals surface area contributed by atoms with Crippen molar-refractivity contribution >= 4 is 23.4 Å². The number of ketones is 1. The second-order valence-electron chi connectivity index (χ2n) is 10.2. The molecule has 2 unspecified atom stereocenters. The lowest BCUT2D eigenvalue weighted by Gasteiger charge is -2.46. The molecule has 32 heavy (non-hydrogen) atoms. The lowest BCUT2D eigenvalue weighted by atomic mass is 9.57. The Kier molecular flexibility index (Phi) is 6.19. The van der Waals surface area contributed by atoms with Crippen LogP contribution in [-0.4, -0.2) is 34.7 Å². The fourth-order valence-electron chi connectivity index (χ4n) is 6.07. The standard InChI is InChI=1S/C26H33ClO5/c1-13-8-6-7-9-14(2)31-25(30)16(4)22(28)21(27)23(29)20-18(13)11-10-17-12-26(5)24(32-26)15(3)19(17)20/h6-11,13-20,24,29H,12H2,1-5H3/b8-6-,9-7+,23-21+/t13-,14+,15+,16+,17-,18+,19?,20?,24+,26-/m1/s1. The number of carbonyl (C=O) groups is 2. The fourth-order valence-corrected chi connectivity index (χ4v) is 6.36. The second kappa shape index (κ2) is 8.49. The predicted octanol–water partition coefficient (Wildman–Crippen LogP) is 5.13. The Bertz CT molecular complexity index is 917. The maximum absolute atomic E-state index is 13.0. The van der Waals surface area contributed by atoms with Crippen LogP contribution in [0.25, 0.3) is 0 Å². The van der Waals surface area contributed by atoms with Gasteiger partial charge in [0, 0.05) is 5.92 Å². The van der Waals surface area contributed by atoms with Crippen LogP contribution in [0.15, 0.2) is 47.2 Å². The van der Waals surface area contributed by atoms with Gasteiger partial charge in [-0.05, 0) is 62.9 Å². The van der Waals surface area contributed by atoms with Gasteiger partial charge >= 0.3 is 5.97 Å². The van der Waals surface area contributed by atoms with Crippen molar-refractivity contribution in [3.63, 3.8) is 0 Å². The zero-order chi connectivity index (χ0) is 23.4. The van der Waals surface area contributed by atoms with Crippen LogP contribution in [0, 0.1) is 41.4 Å². The second-order valence-corrected chi connectivity index (χ2v) is 10.6. The molecule has 0 aromatic rings. The average molecular weight is 461 g/mol. The van der Waals surface area contributed by atoms with E-state index < -0.39 is 23.8 Å². The maximum Gasteiger partial charge on any atom is 0.317 e. The third-order valence-corrected chi connectivity index (χ3v) is 8.27. The number of esters is 1. The minimum atomic E-state index is -1.09. The molecule has 4 aliphatic rings. The SMILES string of the molecule is C[C@@H]1C(=O)O[C@@H](C)/C=C/C=C\[C@@H](C)[C@@H]2C=C[C@@H]3C[C@@]4(C)O[C@H]4[C@@H](C)C3C2/C(O)=C(\Cl)C1=O. The van der Waals surface area contributed by atoms with E-state index >= 15 is 0 Å². The van der Waals surface area contributed by atoms with E-state index in [1.807, 2.05) is 12.2 Å². The van der Waals surface area contributed by atoms with Crippen LogP contribution in [-0.2, 0) is 19.1 Å². The summed E-state index contributed by atoms with van der Waals surface area (Å²) >= 11 is 6.49. The van der Waals surface area contributed by atoms with Crippen molar-refractivity contribution in [3.05, 3.63) is 47.2 Å². The van der Waals surface area contributed by atoms with Crippen LogP contribution < -0.4 is 0 Å². The van der Waals surface area contributed by atoms with E-state index in [1.54, 1.807) is 13.0 Å². The first-order valence-electron chi connectivity index (χ1n) is 11.6. The van der Waals surface area contributed by atoms with Gasteiger partial charge in [0.1, 0.15) is 22.8 Å². The minimum absolute atomic E-state index is 0.0318. The Balaban J connectivity index is 1.79. The number of Topliss-reactive ketones (excluding diaryl/α,β-unsaturated/α-hetero) is 1. The van der Waals surface area contributed by atoms with Gasteiger partial charge in [-0.1, -0.05) is 55.8 Å².